The van der Waals surface area contributed by atoms with E-state index in [0.717, 1.165) is 0 Å². The van der Waals surface area contributed by atoms with Gasteiger partial charge in [0.2, 0.25) is 0 Å². The minimum Gasteiger partial charge on any atom is -0.478 e. The second-order valence-corrected chi connectivity index (χ2v) is 5.97. The maximum absolute atomic E-state index is 9.60. The molecule has 27 heavy (non-hydrogen) atoms. The van der Waals surface area contributed by atoms with Crippen molar-refractivity contribution in [3.63, 3.8) is 0 Å². The highest BCUT2D eigenvalue weighted by Crippen LogP contribution is 2.14. The van der Waals surface area contributed by atoms with E-state index < -0.39 is 43.2 Å². The van der Waals surface area contributed by atoms with Crippen LogP contribution in [0.25, 0.3) is 0 Å². The largest absolute Gasteiger partial charge is 0.478 e. The topological polar surface area (TPSA) is 208 Å². The zero-order valence-corrected chi connectivity index (χ0v) is 15.6. The van der Waals surface area contributed by atoms with Crippen molar-refractivity contribution in [2.24, 2.45) is 10.8 Å². The van der Waals surface area contributed by atoms with Gasteiger partial charge in [0.15, 0.2) is 0 Å². The lowest BCUT2D eigenvalue weighted by atomic mass is 9.93. The molecule has 0 fully saturated rings. The summed E-state index contributed by atoms with van der Waals surface area (Å²) in [4.78, 5) is 9.60. The van der Waals surface area contributed by atoms with Crippen molar-refractivity contribution in [1.29, 1.82) is 0 Å². The van der Waals surface area contributed by atoms with E-state index in [1.165, 1.54) is 6.92 Å². The van der Waals surface area contributed by atoms with E-state index in [-0.39, 0.29) is 45.2 Å². The van der Waals surface area contributed by atoms with Gasteiger partial charge < -0.3 is 50.7 Å². The predicted octanol–water partition coefficient (Wildman–Crippen LogP) is -3.45. The molecule has 0 aromatic rings. The average Bonchev–Trinajstić information content (AvgIpc) is 2.69. The standard InChI is InChI=1S/C7H16O5.C5H12O4.C4H6O2/c8-1-2-12-6-7(3-9,4-10)5-11;6-1-5(2-7,3-8)4-9;1-3(2)4(5)6/h8-11H,1-6H2;6-9H,1-4H2;1H2,2H3,(H,5,6). The molecule has 0 unspecified atom stereocenters. The number of carboxylic acid groups (broad SMARTS) is 1. The molecule has 11 heteroatoms. The molecule has 0 atom stereocenters. The van der Waals surface area contributed by atoms with Crippen LogP contribution in [0.15, 0.2) is 12.2 Å². The number of ether oxygens (including phenoxy) is 1. The number of aliphatic hydroxyl groups excluding tert-OH is 8. The van der Waals surface area contributed by atoms with Gasteiger partial charge in [-0.15, -0.1) is 0 Å². The molecule has 0 spiro atoms. The Morgan fingerprint density at radius 3 is 1.22 bits per heavy atom. The number of aliphatic hydroxyl groups is 8. The number of carbonyl (C=O) groups is 1. The first kappa shape index (κ1) is 30.6. The van der Waals surface area contributed by atoms with Crippen LogP contribution >= 0.6 is 0 Å². The fourth-order valence-electron chi connectivity index (χ4n) is 0.940. The molecule has 0 saturated carbocycles. The molecule has 0 aromatic heterocycles. The lowest BCUT2D eigenvalue weighted by Crippen LogP contribution is -2.39. The Kier molecular flexibility index (Phi) is 20.6. The molecule has 0 saturated heterocycles. The van der Waals surface area contributed by atoms with Crippen molar-refractivity contribution < 1.29 is 55.5 Å². The van der Waals surface area contributed by atoms with Gasteiger partial charge in [0.1, 0.15) is 0 Å². The molecule has 164 valence electrons. The fourth-order valence-corrected chi connectivity index (χ4v) is 0.940. The Labute approximate surface area is 158 Å². The summed E-state index contributed by atoms with van der Waals surface area (Å²) in [5, 5.41) is 76.7. The Morgan fingerprint density at radius 2 is 1.07 bits per heavy atom. The van der Waals surface area contributed by atoms with E-state index in [1.54, 1.807) is 0 Å². The lowest BCUT2D eigenvalue weighted by Gasteiger charge is -2.26. The summed E-state index contributed by atoms with van der Waals surface area (Å²) < 4.78 is 4.89. The van der Waals surface area contributed by atoms with Crippen molar-refractivity contribution in [2.75, 3.05) is 66.1 Å². The normalized spacial score (nSPS) is 11.0. The highest BCUT2D eigenvalue weighted by atomic mass is 16.5. The summed E-state index contributed by atoms with van der Waals surface area (Å²) in [5.74, 6) is -0.935. The molecule has 0 aromatic carbocycles. The van der Waals surface area contributed by atoms with Crippen LogP contribution in [0.2, 0.25) is 0 Å². The number of carboxylic acids is 1. The fraction of sp³-hybridized carbons (Fsp3) is 0.812. The molecule has 11 nitrogen and oxygen atoms in total. The van der Waals surface area contributed by atoms with Crippen LogP contribution in [0.1, 0.15) is 6.92 Å². The zero-order chi connectivity index (χ0) is 21.9. The van der Waals surface area contributed by atoms with Gasteiger partial charge in [-0.05, 0) is 6.92 Å². The van der Waals surface area contributed by atoms with Crippen LogP contribution in [-0.2, 0) is 9.53 Å². The highest BCUT2D eigenvalue weighted by Gasteiger charge is 2.28. The Morgan fingerprint density at radius 1 is 0.778 bits per heavy atom. The van der Waals surface area contributed by atoms with Crippen molar-refractivity contribution in [2.45, 2.75) is 6.92 Å². The van der Waals surface area contributed by atoms with Crippen molar-refractivity contribution >= 4 is 5.97 Å². The van der Waals surface area contributed by atoms with Crippen LogP contribution < -0.4 is 0 Å². The molecular weight excluding hydrogens is 368 g/mol. The third-order valence-electron chi connectivity index (χ3n) is 3.36. The van der Waals surface area contributed by atoms with E-state index in [1.807, 2.05) is 0 Å². The quantitative estimate of drug-likeness (QED) is 0.116. The smallest absolute Gasteiger partial charge is 0.330 e. The number of hydrogen-bond acceptors (Lipinski definition) is 10. The maximum Gasteiger partial charge on any atom is 0.330 e. The molecule has 0 aliphatic heterocycles. The second-order valence-electron chi connectivity index (χ2n) is 5.97. The molecule has 0 bridgehead atoms. The molecule has 9 N–H and O–H groups in total. The molecule has 0 radical (unpaired) electrons. The van der Waals surface area contributed by atoms with Crippen molar-refractivity contribution in [3.05, 3.63) is 12.2 Å². The van der Waals surface area contributed by atoms with Crippen LogP contribution in [0, 0.1) is 10.8 Å². The van der Waals surface area contributed by atoms with E-state index >= 15 is 0 Å². The van der Waals surface area contributed by atoms with Crippen LogP contribution in [0.3, 0.4) is 0 Å². The van der Waals surface area contributed by atoms with Crippen LogP contribution in [-0.4, -0.2) is 118 Å². The predicted molar refractivity (Wildman–Crippen MR) is 94.8 cm³/mol. The third-order valence-corrected chi connectivity index (χ3v) is 3.36. The Bertz CT molecular complexity index is 328. The van der Waals surface area contributed by atoms with Gasteiger partial charge in [-0.2, -0.15) is 0 Å². The highest BCUT2D eigenvalue weighted by molar-refractivity contribution is 5.84. The summed E-state index contributed by atoms with van der Waals surface area (Å²) in [5.41, 5.74) is -1.93. The molecule has 0 aliphatic rings. The molecular formula is C16H34O11. The minimum absolute atomic E-state index is 0.0388. The zero-order valence-electron chi connectivity index (χ0n) is 15.6. The summed E-state index contributed by atoms with van der Waals surface area (Å²) in [6.07, 6.45) is 0. The van der Waals surface area contributed by atoms with Crippen molar-refractivity contribution in [1.82, 2.24) is 0 Å². The number of rotatable bonds is 12. The SMILES string of the molecule is C=C(C)C(=O)O.OCC(CO)(CO)CO.OCCOCC(CO)(CO)CO. The van der Waals surface area contributed by atoms with Crippen LogP contribution in [0.4, 0.5) is 0 Å². The second kappa shape index (κ2) is 18.2. The minimum atomic E-state index is -1.11. The summed E-state index contributed by atoms with van der Waals surface area (Å²) >= 11 is 0. The van der Waals surface area contributed by atoms with Crippen LogP contribution in [0.5, 0.6) is 0 Å². The summed E-state index contributed by atoms with van der Waals surface area (Å²) in [7, 11) is 0. The molecule has 0 rings (SSSR count). The first-order valence-electron chi connectivity index (χ1n) is 7.97. The van der Waals surface area contributed by atoms with Gasteiger partial charge >= 0.3 is 5.97 Å². The van der Waals surface area contributed by atoms with Gasteiger partial charge in [0.25, 0.3) is 0 Å². The first-order valence-corrected chi connectivity index (χ1v) is 7.97. The molecule has 0 amide bonds. The number of hydrogen-bond donors (Lipinski definition) is 9. The van der Waals surface area contributed by atoms with Gasteiger partial charge in [-0.3, -0.25) is 0 Å². The molecule has 0 heterocycles. The number of aliphatic carboxylic acids is 1. The summed E-state index contributed by atoms with van der Waals surface area (Å²) in [6.45, 7) is 2.02. The van der Waals surface area contributed by atoms with Gasteiger partial charge in [0.05, 0.1) is 76.9 Å². The van der Waals surface area contributed by atoms with Gasteiger partial charge in [0, 0.05) is 5.57 Å². The first-order chi connectivity index (χ1) is 12.6. The van der Waals surface area contributed by atoms with E-state index in [4.69, 9.17) is 50.7 Å². The monoisotopic (exact) mass is 402 g/mol. The third kappa shape index (κ3) is 14.6. The van der Waals surface area contributed by atoms with E-state index in [9.17, 15) is 4.79 Å². The summed E-state index contributed by atoms with van der Waals surface area (Å²) in [6, 6.07) is 0. The lowest BCUT2D eigenvalue weighted by molar-refractivity contribution is -0.132. The van der Waals surface area contributed by atoms with Crippen molar-refractivity contribution in [3.8, 4) is 0 Å². The molecule has 0 aliphatic carbocycles. The maximum atomic E-state index is 9.60. The Hall–Kier alpha value is -1.15. The van der Waals surface area contributed by atoms with Gasteiger partial charge in [-0.1, -0.05) is 6.58 Å². The Balaban J connectivity index is -0.000000340. The van der Waals surface area contributed by atoms with Gasteiger partial charge in [-0.25, -0.2) is 4.79 Å². The average molecular weight is 402 g/mol. The van der Waals surface area contributed by atoms with E-state index in [2.05, 4.69) is 6.58 Å². The van der Waals surface area contributed by atoms with E-state index in [0.29, 0.717) is 0 Å².